The van der Waals surface area contributed by atoms with Gasteiger partial charge in [-0.2, -0.15) is 0 Å². The number of benzene rings is 1. The van der Waals surface area contributed by atoms with Gasteiger partial charge >= 0.3 is 0 Å². The molecule has 1 amide bonds. The van der Waals surface area contributed by atoms with Gasteiger partial charge in [0.1, 0.15) is 6.10 Å². The van der Waals surface area contributed by atoms with Gasteiger partial charge in [-0.05, 0) is 12.0 Å². The maximum absolute atomic E-state index is 11.8. The average molecular weight is 266 g/mol. The number of nitrogens with two attached hydrogens (primary N) is 2. The minimum atomic E-state index is -1.50. The number of ether oxygens (including phenoxy) is 1. The smallest absolute Gasteiger partial charge is 0.254 e. The summed E-state index contributed by atoms with van der Waals surface area (Å²) in [6.07, 6.45) is -2.67. The number of amides is 1. The van der Waals surface area contributed by atoms with Crippen LogP contribution in [0.5, 0.6) is 0 Å². The second kappa shape index (κ2) is 6.98. The van der Waals surface area contributed by atoms with Crippen LogP contribution < -0.4 is 11.5 Å². The van der Waals surface area contributed by atoms with E-state index in [0.29, 0.717) is 6.42 Å². The molecule has 0 spiro atoms. The summed E-state index contributed by atoms with van der Waals surface area (Å²) in [4.78, 5) is 22.8. The lowest BCUT2D eigenvalue weighted by atomic mass is 9.97. The lowest BCUT2D eigenvalue weighted by Gasteiger charge is -2.20. The summed E-state index contributed by atoms with van der Waals surface area (Å²) in [7, 11) is 1.17. The first kappa shape index (κ1) is 15.3. The molecule has 1 aromatic carbocycles. The minimum absolute atomic E-state index is 0.308. The van der Waals surface area contributed by atoms with E-state index in [9.17, 15) is 14.7 Å². The molecule has 1 unspecified atom stereocenters. The van der Waals surface area contributed by atoms with Gasteiger partial charge in [-0.3, -0.25) is 9.59 Å². The van der Waals surface area contributed by atoms with Crippen LogP contribution in [-0.4, -0.2) is 42.2 Å². The van der Waals surface area contributed by atoms with Crippen molar-refractivity contribution in [3.63, 3.8) is 0 Å². The van der Waals surface area contributed by atoms with E-state index in [0.717, 1.165) is 5.56 Å². The quantitative estimate of drug-likeness (QED) is 0.547. The van der Waals surface area contributed by atoms with Gasteiger partial charge in [-0.1, -0.05) is 30.3 Å². The predicted octanol–water partition coefficient (Wildman–Crippen LogP) is -1.01. The Labute approximate surface area is 111 Å². The first-order valence-corrected chi connectivity index (χ1v) is 5.80. The Morgan fingerprint density at radius 2 is 1.89 bits per heavy atom. The molecule has 0 saturated heterocycles. The lowest BCUT2D eigenvalue weighted by molar-refractivity contribution is -0.146. The van der Waals surface area contributed by atoms with Crippen LogP contribution in [0.4, 0.5) is 0 Å². The molecule has 1 rings (SSSR count). The first-order chi connectivity index (χ1) is 8.97. The van der Waals surface area contributed by atoms with Crippen LogP contribution in [0.1, 0.15) is 5.56 Å². The van der Waals surface area contributed by atoms with Gasteiger partial charge in [-0.25, -0.2) is 0 Å². The molecule has 0 fully saturated rings. The number of ketones is 1. The maximum Gasteiger partial charge on any atom is 0.254 e. The van der Waals surface area contributed by atoms with Gasteiger partial charge in [0, 0.05) is 13.2 Å². The number of aliphatic hydroxyl groups excluding tert-OH is 1. The molecule has 0 heterocycles. The molecule has 6 nitrogen and oxygen atoms in total. The lowest BCUT2D eigenvalue weighted by Crippen LogP contribution is -2.50. The highest BCUT2D eigenvalue weighted by Gasteiger charge is 2.33. The van der Waals surface area contributed by atoms with Crippen molar-refractivity contribution in [2.24, 2.45) is 11.5 Å². The number of Topliss-reactive ketones (excluding diaryl/α,β-unsaturated/α-hetero) is 1. The molecule has 1 aromatic rings. The van der Waals surface area contributed by atoms with E-state index in [1.165, 1.54) is 7.11 Å². The normalized spacial score (nSPS) is 15.5. The van der Waals surface area contributed by atoms with Crippen LogP contribution in [0, 0.1) is 0 Å². The molecule has 3 atom stereocenters. The summed E-state index contributed by atoms with van der Waals surface area (Å²) in [6.45, 7) is 0. The molecule has 5 N–H and O–H groups in total. The van der Waals surface area contributed by atoms with E-state index in [1.807, 2.05) is 30.3 Å². The zero-order chi connectivity index (χ0) is 14.4. The van der Waals surface area contributed by atoms with Gasteiger partial charge < -0.3 is 21.3 Å². The average Bonchev–Trinajstić information content (AvgIpc) is 2.39. The minimum Gasteiger partial charge on any atom is -0.384 e. The zero-order valence-electron chi connectivity index (χ0n) is 10.7. The third-order valence-electron chi connectivity index (χ3n) is 2.76. The molecule has 0 bridgehead atoms. The zero-order valence-corrected chi connectivity index (χ0v) is 10.7. The number of aliphatic hydroxyl groups is 1. The fraction of sp³-hybridized carbons (Fsp3) is 0.385. The summed E-state index contributed by atoms with van der Waals surface area (Å²) < 4.78 is 4.66. The third-order valence-corrected chi connectivity index (χ3v) is 2.76. The molecular weight excluding hydrogens is 248 g/mol. The summed E-state index contributed by atoms with van der Waals surface area (Å²) in [5, 5.41) is 9.84. The fourth-order valence-corrected chi connectivity index (χ4v) is 1.74. The molecule has 6 heteroatoms. The topological polar surface area (TPSA) is 116 Å². The standard InChI is InChI=1S/C13H18N2O4/c1-19-12(13(15)18)11(17)10(16)9(14)7-8-5-3-2-4-6-8/h2-6,9-10,12,16H,7,14H2,1H3,(H2,15,18)/t9-,10+,12?/m1/s1. The van der Waals surface area contributed by atoms with Crippen LogP contribution in [0.25, 0.3) is 0 Å². The Morgan fingerprint density at radius 1 is 1.32 bits per heavy atom. The Bertz CT molecular complexity index is 436. The summed E-state index contributed by atoms with van der Waals surface area (Å²) in [5.74, 6) is -1.77. The van der Waals surface area contributed by atoms with E-state index < -0.39 is 29.9 Å². The van der Waals surface area contributed by atoms with Crippen LogP contribution >= 0.6 is 0 Å². The van der Waals surface area contributed by atoms with Gasteiger partial charge in [-0.15, -0.1) is 0 Å². The molecule has 0 aliphatic heterocycles. The van der Waals surface area contributed by atoms with E-state index in [-0.39, 0.29) is 0 Å². The van der Waals surface area contributed by atoms with E-state index in [2.05, 4.69) is 4.74 Å². The predicted molar refractivity (Wildman–Crippen MR) is 69.1 cm³/mol. The Balaban J connectivity index is 2.68. The molecule has 0 radical (unpaired) electrons. The van der Waals surface area contributed by atoms with Crippen molar-refractivity contribution in [1.29, 1.82) is 0 Å². The second-order valence-corrected chi connectivity index (χ2v) is 4.22. The Kier molecular flexibility index (Phi) is 5.62. The van der Waals surface area contributed by atoms with Crippen molar-refractivity contribution < 1.29 is 19.4 Å². The Morgan fingerprint density at radius 3 is 2.37 bits per heavy atom. The van der Waals surface area contributed by atoms with Crippen molar-refractivity contribution in [2.45, 2.75) is 24.7 Å². The highest BCUT2D eigenvalue weighted by Crippen LogP contribution is 2.07. The molecule has 19 heavy (non-hydrogen) atoms. The molecule has 0 aromatic heterocycles. The summed E-state index contributed by atoms with van der Waals surface area (Å²) >= 11 is 0. The van der Waals surface area contributed by atoms with E-state index in [1.54, 1.807) is 0 Å². The number of carbonyl (C=O) groups excluding carboxylic acids is 2. The van der Waals surface area contributed by atoms with Gasteiger partial charge in [0.25, 0.3) is 5.91 Å². The number of rotatable bonds is 7. The van der Waals surface area contributed by atoms with Crippen molar-refractivity contribution in [3.05, 3.63) is 35.9 Å². The van der Waals surface area contributed by atoms with Crippen molar-refractivity contribution in [3.8, 4) is 0 Å². The van der Waals surface area contributed by atoms with Gasteiger partial charge in [0.05, 0.1) is 0 Å². The van der Waals surface area contributed by atoms with Crippen LogP contribution in [0.15, 0.2) is 30.3 Å². The maximum atomic E-state index is 11.8. The number of hydrogen-bond acceptors (Lipinski definition) is 5. The highest BCUT2D eigenvalue weighted by molar-refractivity contribution is 6.05. The molecular formula is C13H18N2O4. The number of methoxy groups -OCH3 is 1. The fourth-order valence-electron chi connectivity index (χ4n) is 1.74. The molecule has 0 saturated carbocycles. The largest absolute Gasteiger partial charge is 0.384 e. The molecule has 0 aliphatic carbocycles. The second-order valence-electron chi connectivity index (χ2n) is 4.22. The van der Waals surface area contributed by atoms with Gasteiger partial charge in [0.15, 0.2) is 6.10 Å². The molecule has 0 aliphatic rings. The summed E-state index contributed by atoms with van der Waals surface area (Å²) in [6, 6.07) is 8.35. The SMILES string of the molecule is COC(C(N)=O)C(=O)[C@@H](O)[C@H](N)Cc1ccccc1. The third kappa shape index (κ3) is 4.13. The number of primary amides is 1. The number of hydrogen-bond donors (Lipinski definition) is 3. The van der Waals surface area contributed by atoms with Crippen molar-refractivity contribution in [2.75, 3.05) is 7.11 Å². The number of carbonyl (C=O) groups is 2. The first-order valence-electron chi connectivity index (χ1n) is 5.80. The van der Waals surface area contributed by atoms with Crippen LogP contribution in [-0.2, 0) is 20.7 Å². The van der Waals surface area contributed by atoms with Crippen molar-refractivity contribution >= 4 is 11.7 Å². The van der Waals surface area contributed by atoms with Crippen molar-refractivity contribution in [1.82, 2.24) is 0 Å². The van der Waals surface area contributed by atoms with Crippen LogP contribution in [0.3, 0.4) is 0 Å². The molecule has 104 valence electrons. The highest BCUT2D eigenvalue weighted by atomic mass is 16.5. The van der Waals surface area contributed by atoms with E-state index in [4.69, 9.17) is 11.5 Å². The Hall–Kier alpha value is -1.76. The monoisotopic (exact) mass is 266 g/mol. The summed E-state index contributed by atoms with van der Waals surface area (Å²) in [5.41, 5.74) is 11.7. The van der Waals surface area contributed by atoms with E-state index >= 15 is 0 Å². The van der Waals surface area contributed by atoms with Crippen LogP contribution in [0.2, 0.25) is 0 Å². The van der Waals surface area contributed by atoms with Gasteiger partial charge in [0.2, 0.25) is 5.78 Å².